The number of benzene rings is 8. The topological polar surface area (TPSA) is 19.6 Å². The van der Waals surface area contributed by atoms with Crippen molar-refractivity contribution in [3.63, 3.8) is 0 Å². The lowest BCUT2D eigenvalue weighted by atomic mass is 10.0. The number of rotatable bonds is 6. The van der Waals surface area contributed by atoms with E-state index in [1.54, 1.807) is 0 Å². The summed E-state index contributed by atoms with van der Waals surface area (Å²) >= 11 is 1.84. The third kappa shape index (κ3) is 5.33. The number of hydrogen-bond donors (Lipinski definition) is 0. The molecular weight excluding hydrogens is 653 g/mol. The lowest BCUT2D eigenvalue weighted by Crippen LogP contribution is -2.14. The van der Waals surface area contributed by atoms with Gasteiger partial charge in [0.2, 0.25) is 0 Å². The standard InChI is InChI=1S/C48H32N2OS/c1-3-11-37(12-4-1)49(39-25-19-33(20-26-39)35-24-30-46-42(31-35)41-15-7-9-17-45(41)51-46)40-27-21-34(22-28-40)36-23-29-44-48(32-36)52-47-18-10-8-16-43(47)50(44)38-13-5-2-6-14-38/h1-32H. The van der Waals surface area contributed by atoms with Crippen LogP contribution in [0.1, 0.15) is 0 Å². The zero-order valence-electron chi connectivity index (χ0n) is 28.2. The minimum Gasteiger partial charge on any atom is -0.456 e. The van der Waals surface area contributed by atoms with Gasteiger partial charge in [0.05, 0.1) is 11.4 Å². The van der Waals surface area contributed by atoms with Crippen molar-refractivity contribution in [2.75, 3.05) is 9.80 Å². The molecule has 0 radical (unpaired) electrons. The SMILES string of the molecule is c1ccc(N(c2ccc(-c3ccc4c(c3)Sc3ccccc3N4c3ccccc3)cc2)c2ccc(-c3ccc4oc5ccccc5c4c3)cc2)cc1. The van der Waals surface area contributed by atoms with Gasteiger partial charge in [-0.3, -0.25) is 0 Å². The van der Waals surface area contributed by atoms with Crippen LogP contribution in [0.4, 0.5) is 34.1 Å². The molecular formula is C48H32N2OS. The number of nitrogens with zero attached hydrogens (tertiary/aromatic N) is 2. The Kier molecular flexibility index (Phi) is 7.40. The molecule has 8 aromatic carbocycles. The molecule has 246 valence electrons. The van der Waals surface area contributed by atoms with Gasteiger partial charge in [-0.05, 0) is 113 Å². The number of hydrogen-bond acceptors (Lipinski definition) is 4. The Hall–Kier alpha value is -6.49. The molecule has 4 heteroatoms. The van der Waals surface area contributed by atoms with Crippen LogP contribution in [-0.4, -0.2) is 0 Å². The Morgan fingerprint density at radius 3 is 1.67 bits per heavy atom. The molecule has 0 fully saturated rings. The molecule has 0 saturated carbocycles. The summed E-state index contributed by atoms with van der Waals surface area (Å²) in [6.07, 6.45) is 0. The van der Waals surface area contributed by atoms with E-state index in [0.717, 1.165) is 50.3 Å². The molecule has 9 aromatic rings. The second kappa shape index (κ2) is 12.7. The van der Waals surface area contributed by atoms with Crippen molar-refractivity contribution in [2.45, 2.75) is 9.79 Å². The Bertz CT molecular complexity index is 2700. The van der Waals surface area contributed by atoms with Crippen LogP contribution in [0.2, 0.25) is 0 Å². The fourth-order valence-electron chi connectivity index (χ4n) is 7.33. The Morgan fingerprint density at radius 2 is 0.923 bits per heavy atom. The van der Waals surface area contributed by atoms with Crippen LogP contribution in [0.3, 0.4) is 0 Å². The van der Waals surface area contributed by atoms with Gasteiger partial charge < -0.3 is 14.2 Å². The molecule has 0 amide bonds. The molecule has 3 nitrogen and oxygen atoms in total. The summed E-state index contributed by atoms with van der Waals surface area (Å²) in [5.41, 5.74) is 13.4. The van der Waals surface area contributed by atoms with Crippen LogP contribution in [-0.2, 0) is 0 Å². The van der Waals surface area contributed by atoms with E-state index < -0.39 is 0 Å². The van der Waals surface area contributed by atoms with E-state index in [-0.39, 0.29) is 0 Å². The average molecular weight is 685 g/mol. The molecule has 0 N–H and O–H groups in total. The smallest absolute Gasteiger partial charge is 0.135 e. The summed E-state index contributed by atoms with van der Waals surface area (Å²) in [7, 11) is 0. The van der Waals surface area contributed by atoms with Crippen LogP contribution in [0.5, 0.6) is 0 Å². The average Bonchev–Trinajstić information content (AvgIpc) is 3.59. The monoisotopic (exact) mass is 684 g/mol. The second-order valence-electron chi connectivity index (χ2n) is 13.0. The molecule has 0 unspecified atom stereocenters. The highest BCUT2D eigenvalue weighted by molar-refractivity contribution is 7.99. The fourth-order valence-corrected chi connectivity index (χ4v) is 8.42. The van der Waals surface area contributed by atoms with Crippen molar-refractivity contribution >= 4 is 67.8 Å². The van der Waals surface area contributed by atoms with Crippen molar-refractivity contribution in [1.29, 1.82) is 0 Å². The van der Waals surface area contributed by atoms with Crippen LogP contribution < -0.4 is 9.80 Å². The first-order chi connectivity index (χ1) is 25.8. The van der Waals surface area contributed by atoms with Gasteiger partial charge in [0.15, 0.2) is 0 Å². The molecule has 1 aliphatic heterocycles. The second-order valence-corrected chi connectivity index (χ2v) is 14.1. The lowest BCUT2D eigenvalue weighted by Gasteiger charge is -2.33. The molecule has 0 spiro atoms. The van der Waals surface area contributed by atoms with E-state index in [1.807, 2.05) is 23.9 Å². The minimum absolute atomic E-state index is 0.911. The quantitative estimate of drug-likeness (QED) is 0.174. The third-order valence-corrected chi connectivity index (χ3v) is 11.0. The molecule has 1 aliphatic rings. The molecule has 2 heterocycles. The fraction of sp³-hybridized carbons (Fsp3) is 0. The van der Waals surface area contributed by atoms with E-state index in [1.165, 1.54) is 37.9 Å². The highest BCUT2D eigenvalue weighted by Gasteiger charge is 2.25. The van der Waals surface area contributed by atoms with Crippen molar-refractivity contribution in [3.05, 3.63) is 194 Å². The molecule has 0 bridgehead atoms. The van der Waals surface area contributed by atoms with Crippen molar-refractivity contribution in [3.8, 4) is 22.3 Å². The molecule has 10 rings (SSSR count). The Labute approximate surface area is 307 Å². The highest BCUT2D eigenvalue weighted by Crippen LogP contribution is 2.52. The number of fused-ring (bicyclic) bond motifs is 5. The maximum atomic E-state index is 6.08. The third-order valence-electron chi connectivity index (χ3n) is 9.85. The minimum atomic E-state index is 0.911. The zero-order valence-corrected chi connectivity index (χ0v) is 29.0. The van der Waals surface area contributed by atoms with Crippen LogP contribution in [0.15, 0.2) is 208 Å². The molecule has 1 aromatic heterocycles. The normalized spacial score (nSPS) is 12.1. The summed E-state index contributed by atoms with van der Waals surface area (Å²) in [6, 6.07) is 69.2. The molecule has 52 heavy (non-hydrogen) atoms. The van der Waals surface area contributed by atoms with Gasteiger partial charge in [-0.25, -0.2) is 0 Å². The molecule has 0 atom stereocenters. The van der Waals surface area contributed by atoms with Gasteiger partial charge in [-0.15, -0.1) is 0 Å². The van der Waals surface area contributed by atoms with Gasteiger partial charge in [-0.1, -0.05) is 115 Å². The van der Waals surface area contributed by atoms with Crippen LogP contribution >= 0.6 is 11.8 Å². The van der Waals surface area contributed by atoms with Gasteiger partial charge in [0, 0.05) is 43.3 Å². The summed E-state index contributed by atoms with van der Waals surface area (Å²) in [6.45, 7) is 0. The summed E-state index contributed by atoms with van der Waals surface area (Å²) in [4.78, 5) is 7.19. The first-order valence-corrected chi connectivity index (χ1v) is 18.3. The predicted octanol–water partition coefficient (Wildman–Crippen LogP) is 14.3. The van der Waals surface area contributed by atoms with E-state index in [0.29, 0.717) is 0 Å². The van der Waals surface area contributed by atoms with Gasteiger partial charge in [0.25, 0.3) is 0 Å². The highest BCUT2D eigenvalue weighted by atomic mass is 32.2. The van der Waals surface area contributed by atoms with Crippen molar-refractivity contribution < 1.29 is 4.42 Å². The van der Waals surface area contributed by atoms with Gasteiger partial charge >= 0.3 is 0 Å². The predicted molar refractivity (Wildman–Crippen MR) is 218 cm³/mol. The summed E-state index contributed by atoms with van der Waals surface area (Å²) in [5, 5.41) is 2.28. The number of para-hydroxylation sites is 4. The maximum absolute atomic E-state index is 6.08. The van der Waals surface area contributed by atoms with Crippen molar-refractivity contribution in [2.24, 2.45) is 0 Å². The summed E-state index contributed by atoms with van der Waals surface area (Å²) < 4.78 is 6.08. The Morgan fingerprint density at radius 1 is 0.385 bits per heavy atom. The van der Waals surface area contributed by atoms with E-state index in [9.17, 15) is 0 Å². The van der Waals surface area contributed by atoms with Gasteiger partial charge in [0.1, 0.15) is 11.2 Å². The summed E-state index contributed by atoms with van der Waals surface area (Å²) in [5.74, 6) is 0. The number of furan rings is 1. The Balaban J connectivity index is 0.977. The van der Waals surface area contributed by atoms with E-state index in [2.05, 4.69) is 192 Å². The van der Waals surface area contributed by atoms with Crippen LogP contribution in [0, 0.1) is 0 Å². The molecule has 0 aliphatic carbocycles. The maximum Gasteiger partial charge on any atom is 0.135 e. The van der Waals surface area contributed by atoms with Crippen LogP contribution in [0.25, 0.3) is 44.2 Å². The van der Waals surface area contributed by atoms with E-state index >= 15 is 0 Å². The molecule has 0 saturated heterocycles. The largest absolute Gasteiger partial charge is 0.456 e. The van der Waals surface area contributed by atoms with E-state index in [4.69, 9.17) is 4.42 Å². The number of anilines is 6. The van der Waals surface area contributed by atoms with Crippen molar-refractivity contribution in [1.82, 2.24) is 0 Å². The zero-order chi connectivity index (χ0) is 34.4. The first kappa shape index (κ1) is 30.3. The first-order valence-electron chi connectivity index (χ1n) is 17.5. The van der Waals surface area contributed by atoms with Gasteiger partial charge in [-0.2, -0.15) is 0 Å². The lowest BCUT2D eigenvalue weighted by molar-refractivity contribution is 0.669.